The number of benzene rings is 1. The second kappa shape index (κ2) is 6.70. The van der Waals surface area contributed by atoms with Crippen LogP contribution in [0.3, 0.4) is 0 Å². The third kappa shape index (κ3) is 3.59. The molecule has 2 rings (SSSR count). The average Bonchev–Trinajstić information content (AvgIpc) is 2.40. The summed E-state index contributed by atoms with van der Waals surface area (Å²) in [6.07, 6.45) is 3.76. The number of hydrogen-bond acceptors (Lipinski definition) is 3. The minimum Gasteiger partial charge on any atom is -0.313 e. The zero-order chi connectivity index (χ0) is 14.6. The van der Waals surface area contributed by atoms with Crippen LogP contribution >= 0.6 is 0 Å². The Hall–Kier alpha value is -0.910. The van der Waals surface area contributed by atoms with Crippen molar-refractivity contribution in [2.45, 2.75) is 57.0 Å². The van der Waals surface area contributed by atoms with E-state index in [2.05, 4.69) is 10.0 Å². The van der Waals surface area contributed by atoms with Gasteiger partial charge >= 0.3 is 0 Å². The van der Waals surface area contributed by atoms with Gasteiger partial charge in [-0.15, -0.1) is 0 Å². The maximum Gasteiger partial charge on any atom is 0.241 e. The highest BCUT2D eigenvalue weighted by Crippen LogP contribution is 2.23. The first kappa shape index (κ1) is 15.5. The molecule has 112 valence electrons. The molecule has 0 saturated heterocycles. The molecule has 1 saturated carbocycles. The molecule has 1 aliphatic rings. The zero-order valence-electron chi connectivity index (χ0n) is 12.3. The summed E-state index contributed by atoms with van der Waals surface area (Å²) in [6.45, 7) is 5.60. The molecule has 0 heterocycles. The minimum atomic E-state index is -3.39. The van der Waals surface area contributed by atoms with Crippen LogP contribution in [-0.2, 0) is 23.0 Å². The highest BCUT2D eigenvalue weighted by molar-refractivity contribution is 7.89. The fourth-order valence-corrected chi connectivity index (χ4v) is 4.00. The maximum absolute atomic E-state index is 12.5. The van der Waals surface area contributed by atoms with Gasteiger partial charge in [0.25, 0.3) is 0 Å². The fraction of sp³-hybridized carbons (Fsp3) is 0.600. The Kier molecular flexibility index (Phi) is 5.18. The lowest BCUT2D eigenvalue weighted by atomic mass is 9.94. The van der Waals surface area contributed by atoms with E-state index in [0.29, 0.717) is 11.4 Å². The van der Waals surface area contributed by atoms with Gasteiger partial charge in [0.05, 0.1) is 4.90 Å². The molecule has 1 aromatic rings. The number of hydrogen-bond donors (Lipinski definition) is 2. The van der Waals surface area contributed by atoms with E-state index in [1.54, 1.807) is 0 Å². The topological polar surface area (TPSA) is 58.2 Å². The summed E-state index contributed by atoms with van der Waals surface area (Å²) >= 11 is 0. The quantitative estimate of drug-likeness (QED) is 0.811. The van der Waals surface area contributed by atoms with Crippen LogP contribution in [0.1, 0.15) is 44.2 Å². The molecule has 0 spiro atoms. The van der Waals surface area contributed by atoms with Gasteiger partial charge in [-0.3, -0.25) is 0 Å². The highest BCUT2D eigenvalue weighted by atomic mass is 32.2. The van der Waals surface area contributed by atoms with Crippen molar-refractivity contribution in [1.82, 2.24) is 10.0 Å². The number of nitrogens with one attached hydrogen (secondary N) is 2. The van der Waals surface area contributed by atoms with Gasteiger partial charge in [0.1, 0.15) is 0 Å². The lowest BCUT2D eigenvalue weighted by Gasteiger charge is -2.26. The summed E-state index contributed by atoms with van der Waals surface area (Å²) in [6, 6.07) is 5.87. The molecular formula is C15H24N2O2S. The summed E-state index contributed by atoms with van der Waals surface area (Å²) in [5.74, 6) is 0. The van der Waals surface area contributed by atoms with Crippen molar-refractivity contribution in [2.75, 3.05) is 6.54 Å². The van der Waals surface area contributed by atoms with E-state index in [-0.39, 0.29) is 6.04 Å². The van der Waals surface area contributed by atoms with Gasteiger partial charge in [-0.25, -0.2) is 13.1 Å². The van der Waals surface area contributed by atoms with Crippen LogP contribution in [-0.4, -0.2) is 21.0 Å². The lowest BCUT2D eigenvalue weighted by molar-refractivity contribution is 0.383. The molecule has 5 heteroatoms. The SMILES string of the molecule is CCNCc1ccc(CC)c(S(=O)(=O)NC2CCC2)c1. The predicted molar refractivity (Wildman–Crippen MR) is 81.2 cm³/mol. The van der Waals surface area contributed by atoms with Crippen LogP contribution < -0.4 is 10.0 Å². The summed E-state index contributed by atoms with van der Waals surface area (Å²) in [4.78, 5) is 0.447. The molecule has 0 radical (unpaired) electrons. The Morgan fingerprint density at radius 1 is 1.25 bits per heavy atom. The number of sulfonamides is 1. The molecule has 0 bridgehead atoms. The van der Waals surface area contributed by atoms with Crippen LogP contribution in [0.25, 0.3) is 0 Å². The van der Waals surface area contributed by atoms with Crippen molar-refractivity contribution in [3.05, 3.63) is 29.3 Å². The second-order valence-electron chi connectivity index (χ2n) is 5.33. The van der Waals surface area contributed by atoms with Gasteiger partial charge in [0.15, 0.2) is 0 Å². The van der Waals surface area contributed by atoms with Crippen molar-refractivity contribution in [2.24, 2.45) is 0 Å². The lowest BCUT2D eigenvalue weighted by Crippen LogP contribution is -2.39. The van der Waals surface area contributed by atoms with Crippen LogP contribution in [0.15, 0.2) is 23.1 Å². The molecule has 1 fully saturated rings. The van der Waals surface area contributed by atoms with E-state index in [0.717, 1.165) is 43.4 Å². The van der Waals surface area contributed by atoms with Gasteiger partial charge < -0.3 is 5.32 Å². The summed E-state index contributed by atoms with van der Waals surface area (Å²) in [5.41, 5.74) is 1.90. The standard InChI is InChI=1S/C15H24N2O2S/c1-3-13-9-8-12(11-16-4-2)10-15(13)20(18,19)17-14-6-5-7-14/h8-10,14,16-17H,3-7,11H2,1-2H3. The fourth-order valence-electron chi connectivity index (χ4n) is 2.33. The van der Waals surface area contributed by atoms with Gasteiger partial charge in [-0.1, -0.05) is 32.4 Å². The Balaban J connectivity index is 2.26. The van der Waals surface area contributed by atoms with E-state index in [1.807, 2.05) is 32.0 Å². The van der Waals surface area contributed by atoms with Crippen LogP contribution in [0, 0.1) is 0 Å². The van der Waals surface area contributed by atoms with Gasteiger partial charge in [0, 0.05) is 12.6 Å². The minimum absolute atomic E-state index is 0.127. The Morgan fingerprint density at radius 3 is 2.55 bits per heavy atom. The smallest absolute Gasteiger partial charge is 0.241 e. The molecule has 1 aliphatic carbocycles. The van der Waals surface area contributed by atoms with Crippen LogP contribution in [0.5, 0.6) is 0 Å². The van der Waals surface area contributed by atoms with E-state index in [4.69, 9.17) is 0 Å². The van der Waals surface area contributed by atoms with Gasteiger partial charge in [0.2, 0.25) is 10.0 Å². The predicted octanol–water partition coefficient (Wildman–Crippen LogP) is 2.19. The molecule has 0 atom stereocenters. The second-order valence-corrected chi connectivity index (χ2v) is 7.01. The molecule has 0 aromatic heterocycles. The monoisotopic (exact) mass is 296 g/mol. The first-order valence-corrected chi connectivity index (χ1v) is 8.90. The number of aryl methyl sites for hydroxylation is 1. The molecule has 20 heavy (non-hydrogen) atoms. The van der Waals surface area contributed by atoms with Gasteiger partial charge in [-0.2, -0.15) is 0 Å². The van der Waals surface area contributed by atoms with Crippen molar-refractivity contribution in [3.8, 4) is 0 Å². The normalized spacial score (nSPS) is 16.1. The van der Waals surface area contributed by atoms with Crippen molar-refractivity contribution in [1.29, 1.82) is 0 Å². The molecule has 0 amide bonds. The van der Waals surface area contributed by atoms with E-state index < -0.39 is 10.0 Å². The summed E-state index contributed by atoms with van der Waals surface area (Å²) in [5, 5.41) is 3.23. The van der Waals surface area contributed by atoms with E-state index in [9.17, 15) is 8.42 Å². The Bertz CT molecular complexity index is 551. The average molecular weight is 296 g/mol. The van der Waals surface area contributed by atoms with Crippen molar-refractivity contribution in [3.63, 3.8) is 0 Å². The van der Waals surface area contributed by atoms with Crippen LogP contribution in [0.4, 0.5) is 0 Å². The van der Waals surface area contributed by atoms with Crippen molar-refractivity contribution < 1.29 is 8.42 Å². The molecule has 2 N–H and O–H groups in total. The Morgan fingerprint density at radius 2 is 2.00 bits per heavy atom. The maximum atomic E-state index is 12.5. The summed E-state index contributed by atoms with van der Waals surface area (Å²) in [7, 11) is -3.39. The molecular weight excluding hydrogens is 272 g/mol. The first-order valence-electron chi connectivity index (χ1n) is 7.41. The third-order valence-electron chi connectivity index (χ3n) is 3.81. The zero-order valence-corrected chi connectivity index (χ0v) is 13.1. The Labute approximate surface area is 122 Å². The van der Waals surface area contributed by atoms with E-state index in [1.165, 1.54) is 0 Å². The first-order chi connectivity index (χ1) is 9.56. The molecule has 0 aliphatic heterocycles. The van der Waals surface area contributed by atoms with E-state index >= 15 is 0 Å². The largest absolute Gasteiger partial charge is 0.313 e. The molecule has 4 nitrogen and oxygen atoms in total. The van der Waals surface area contributed by atoms with Crippen molar-refractivity contribution >= 4 is 10.0 Å². The molecule has 1 aromatic carbocycles. The van der Waals surface area contributed by atoms with Gasteiger partial charge in [-0.05, 0) is 43.0 Å². The molecule has 0 unspecified atom stereocenters. The summed E-state index contributed by atoms with van der Waals surface area (Å²) < 4.78 is 27.8. The highest BCUT2D eigenvalue weighted by Gasteiger charge is 2.26. The third-order valence-corrected chi connectivity index (χ3v) is 5.41. The van der Waals surface area contributed by atoms with Crippen LogP contribution in [0.2, 0.25) is 0 Å². The number of rotatable bonds is 7.